The van der Waals surface area contributed by atoms with E-state index in [0.29, 0.717) is 5.02 Å². The molecule has 0 bridgehead atoms. The third-order valence-electron chi connectivity index (χ3n) is 2.77. The lowest BCUT2D eigenvalue weighted by Crippen LogP contribution is -2.04. The molecule has 0 fully saturated rings. The molecule has 0 atom stereocenters. The van der Waals surface area contributed by atoms with Gasteiger partial charge in [0.2, 0.25) is 5.56 Å². The van der Waals surface area contributed by atoms with E-state index in [1.54, 1.807) is 6.07 Å². The van der Waals surface area contributed by atoms with Crippen LogP contribution >= 0.6 is 11.6 Å². The Bertz CT molecular complexity index is 755. The highest BCUT2D eigenvalue weighted by atomic mass is 35.5. The van der Waals surface area contributed by atoms with Crippen LogP contribution < -0.4 is 5.56 Å². The van der Waals surface area contributed by atoms with Gasteiger partial charge in [-0.2, -0.15) is 0 Å². The van der Waals surface area contributed by atoms with Crippen LogP contribution in [0.3, 0.4) is 0 Å². The zero-order valence-corrected chi connectivity index (χ0v) is 9.35. The largest absolute Gasteiger partial charge is 0.353 e. The summed E-state index contributed by atoms with van der Waals surface area (Å²) in [6.45, 7) is 1.87. The molecule has 0 aliphatic rings. The van der Waals surface area contributed by atoms with Crippen LogP contribution in [0.15, 0.2) is 29.1 Å². The molecule has 0 spiro atoms. The zero-order valence-electron chi connectivity index (χ0n) is 8.60. The number of hydrogen-bond acceptors (Lipinski definition) is 1. The van der Waals surface area contributed by atoms with Gasteiger partial charge in [0.15, 0.2) is 0 Å². The normalized spacial score (nSPS) is 11.4. The molecule has 2 N–H and O–H groups in total. The minimum Gasteiger partial charge on any atom is -0.353 e. The smallest absolute Gasteiger partial charge is 0.248 e. The lowest BCUT2D eigenvalue weighted by molar-refractivity contribution is 1.16. The summed E-state index contributed by atoms with van der Waals surface area (Å²) in [7, 11) is 0. The standard InChI is InChI=1S/C12H9ClN2O/c1-6-12-7(5-10(16)14-6)11-8(13)3-2-4-9(11)15-12/h2-5,15H,1H3,(H,14,16). The van der Waals surface area contributed by atoms with Crippen molar-refractivity contribution in [2.45, 2.75) is 6.92 Å². The Kier molecular flexibility index (Phi) is 1.85. The van der Waals surface area contributed by atoms with Crippen LogP contribution in [0.1, 0.15) is 5.69 Å². The van der Waals surface area contributed by atoms with E-state index in [0.717, 1.165) is 27.5 Å². The second-order valence-electron chi connectivity index (χ2n) is 3.83. The van der Waals surface area contributed by atoms with E-state index in [2.05, 4.69) is 9.97 Å². The Morgan fingerprint density at radius 2 is 2.06 bits per heavy atom. The van der Waals surface area contributed by atoms with Crippen molar-refractivity contribution in [1.82, 2.24) is 9.97 Å². The molecule has 0 aliphatic carbocycles. The molecular formula is C12H9ClN2O. The Labute approximate surface area is 96.1 Å². The number of aryl methyl sites for hydroxylation is 1. The Balaban J connectivity index is 2.68. The van der Waals surface area contributed by atoms with Gasteiger partial charge in [-0.3, -0.25) is 4.79 Å². The van der Waals surface area contributed by atoms with Crippen LogP contribution in [0.2, 0.25) is 5.02 Å². The first kappa shape index (κ1) is 9.48. The molecule has 3 nitrogen and oxygen atoms in total. The van der Waals surface area contributed by atoms with Crippen LogP contribution in [0.4, 0.5) is 0 Å². The molecule has 2 aromatic heterocycles. The van der Waals surface area contributed by atoms with Gasteiger partial charge in [0.1, 0.15) is 0 Å². The topological polar surface area (TPSA) is 48.6 Å². The fraction of sp³-hybridized carbons (Fsp3) is 0.0833. The number of nitrogens with one attached hydrogen (secondary N) is 2. The van der Waals surface area contributed by atoms with Crippen molar-refractivity contribution in [3.8, 4) is 0 Å². The van der Waals surface area contributed by atoms with Crippen LogP contribution in [-0.4, -0.2) is 9.97 Å². The minimum absolute atomic E-state index is 0.106. The molecule has 1 aromatic carbocycles. The van der Waals surface area contributed by atoms with Crippen molar-refractivity contribution in [3.05, 3.63) is 45.3 Å². The number of aromatic nitrogens is 2. The number of pyridine rings is 1. The van der Waals surface area contributed by atoms with Gasteiger partial charge in [-0.25, -0.2) is 0 Å². The molecule has 0 saturated heterocycles. The number of rotatable bonds is 0. The van der Waals surface area contributed by atoms with Crippen LogP contribution in [0.25, 0.3) is 21.8 Å². The Morgan fingerprint density at radius 3 is 2.88 bits per heavy atom. The van der Waals surface area contributed by atoms with E-state index < -0.39 is 0 Å². The van der Waals surface area contributed by atoms with Crippen molar-refractivity contribution in [1.29, 1.82) is 0 Å². The average molecular weight is 233 g/mol. The molecule has 4 heteroatoms. The molecule has 16 heavy (non-hydrogen) atoms. The van der Waals surface area contributed by atoms with Crippen molar-refractivity contribution < 1.29 is 0 Å². The maximum atomic E-state index is 11.4. The molecule has 0 saturated carbocycles. The second-order valence-corrected chi connectivity index (χ2v) is 4.24. The van der Waals surface area contributed by atoms with Crippen LogP contribution in [0.5, 0.6) is 0 Å². The predicted octanol–water partition coefficient (Wildman–Crippen LogP) is 2.97. The third-order valence-corrected chi connectivity index (χ3v) is 3.09. The Morgan fingerprint density at radius 1 is 1.25 bits per heavy atom. The van der Waals surface area contributed by atoms with Gasteiger partial charge in [-0.05, 0) is 19.1 Å². The van der Waals surface area contributed by atoms with Gasteiger partial charge in [-0.1, -0.05) is 17.7 Å². The van der Waals surface area contributed by atoms with E-state index in [1.165, 1.54) is 0 Å². The molecule has 0 aliphatic heterocycles. The first-order valence-electron chi connectivity index (χ1n) is 4.96. The summed E-state index contributed by atoms with van der Waals surface area (Å²) in [6.07, 6.45) is 0. The van der Waals surface area contributed by atoms with E-state index in [4.69, 9.17) is 11.6 Å². The highest BCUT2D eigenvalue weighted by Crippen LogP contribution is 2.30. The summed E-state index contributed by atoms with van der Waals surface area (Å²) >= 11 is 6.15. The monoisotopic (exact) mass is 232 g/mol. The predicted molar refractivity (Wildman–Crippen MR) is 66.2 cm³/mol. The minimum atomic E-state index is -0.106. The SMILES string of the molecule is Cc1[nH]c(=O)cc2c1[nH]c1cccc(Cl)c12. The number of aromatic amines is 2. The lowest BCUT2D eigenvalue weighted by Gasteiger charge is -1.95. The highest BCUT2D eigenvalue weighted by molar-refractivity contribution is 6.38. The number of benzene rings is 1. The lowest BCUT2D eigenvalue weighted by atomic mass is 10.1. The molecule has 3 aromatic rings. The summed E-state index contributed by atoms with van der Waals surface area (Å²) in [5, 5.41) is 2.45. The maximum Gasteiger partial charge on any atom is 0.248 e. The van der Waals surface area contributed by atoms with Crippen molar-refractivity contribution in [3.63, 3.8) is 0 Å². The molecule has 2 heterocycles. The van der Waals surface area contributed by atoms with Gasteiger partial charge in [-0.15, -0.1) is 0 Å². The summed E-state index contributed by atoms with van der Waals surface area (Å²) in [5.74, 6) is 0. The van der Waals surface area contributed by atoms with Gasteiger partial charge in [0, 0.05) is 28.0 Å². The number of hydrogen-bond donors (Lipinski definition) is 2. The molecule has 0 radical (unpaired) electrons. The number of H-pyrrole nitrogens is 2. The van der Waals surface area contributed by atoms with Crippen LogP contribution in [-0.2, 0) is 0 Å². The second kappa shape index (κ2) is 3.12. The molecule has 0 amide bonds. The third kappa shape index (κ3) is 1.18. The Hall–Kier alpha value is -1.74. The summed E-state index contributed by atoms with van der Waals surface area (Å²) in [4.78, 5) is 17.5. The summed E-state index contributed by atoms with van der Waals surface area (Å²) in [5.41, 5.74) is 2.60. The fourth-order valence-corrected chi connectivity index (χ4v) is 2.36. The quantitative estimate of drug-likeness (QED) is 0.615. The molecular weight excluding hydrogens is 224 g/mol. The van der Waals surface area contributed by atoms with Gasteiger partial charge in [0.05, 0.1) is 10.5 Å². The molecule has 3 rings (SSSR count). The summed E-state index contributed by atoms with van der Waals surface area (Å²) in [6, 6.07) is 7.24. The van der Waals surface area contributed by atoms with Crippen molar-refractivity contribution >= 4 is 33.4 Å². The number of fused-ring (bicyclic) bond motifs is 3. The number of halogens is 1. The van der Waals surface area contributed by atoms with E-state index in [9.17, 15) is 4.79 Å². The van der Waals surface area contributed by atoms with E-state index in [1.807, 2.05) is 25.1 Å². The van der Waals surface area contributed by atoms with E-state index in [-0.39, 0.29) is 5.56 Å². The van der Waals surface area contributed by atoms with E-state index >= 15 is 0 Å². The molecule has 80 valence electrons. The first-order valence-corrected chi connectivity index (χ1v) is 5.34. The van der Waals surface area contributed by atoms with Crippen LogP contribution in [0, 0.1) is 6.92 Å². The van der Waals surface area contributed by atoms with Gasteiger partial charge >= 0.3 is 0 Å². The summed E-state index contributed by atoms with van der Waals surface area (Å²) < 4.78 is 0. The van der Waals surface area contributed by atoms with Crippen molar-refractivity contribution in [2.24, 2.45) is 0 Å². The van der Waals surface area contributed by atoms with Gasteiger partial charge in [0.25, 0.3) is 0 Å². The van der Waals surface area contributed by atoms with Gasteiger partial charge < -0.3 is 9.97 Å². The fourth-order valence-electron chi connectivity index (χ4n) is 2.08. The zero-order chi connectivity index (χ0) is 11.3. The average Bonchev–Trinajstić information content (AvgIpc) is 2.58. The van der Waals surface area contributed by atoms with Crippen molar-refractivity contribution in [2.75, 3.05) is 0 Å². The first-order chi connectivity index (χ1) is 7.66. The molecule has 0 unspecified atom stereocenters. The highest BCUT2D eigenvalue weighted by Gasteiger charge is 2.09. The maximum absolute atomic E-state index is 11.4.